The molecule has 4 rings (SSSR count). The first-order chi connectivity index (χ1) is 11.6. The number of aliphatic hydroxyl groups excluding tert-OH is 1. The number of aliphatic hydroxyl groups is 1. The third kappa shape index (κ3) is 1.96. The van der Waals surface area contributed by atoms with Gasteiger partial charge in [-0.1, -0.05) is 11.6 Å². The summed E-state index contributed by atoms with van der Waals surface area (Å²) in [5.41, 5.74) is 0.752. The van der Waals surface area contributed by atoms with Crippen molar-refractivity contribution in [3.05, 3.63) is 45.8 Å². The third-order valence-electron chi connectivity index (χ3n) is 4.63. The standard InChI is InChI=1S/C17H12ClN3O2S/c18-13-7-11(2-1-10(13)8-19)21-5-4-17(9-22)14(23)12-3-6-24-15(12)20-16(17)21/h1-3,6-7,22H,4-5,9H2/t17-/m0/s1. The van der Waals surface area contributed by atoms with Gasteiger partial charge in [0.2, 0.25) is 0 Å². The number of thiophene rings is 1. The lowest BCUT2D eigenvalue weighted by molar-refractivity contribution is 0.0784. The van der Waals surface area contributed by atoms with Gasteiger partial charge in [0.25, 0.3) is 0 Å². The first-order valence-corrected chi connectivity index (χ1v) is 8.66. The summed E-state index contributed by atoms with van der Waals surface area (Å²) in [5.74, 6) is 0.485. The fourth-order valence-corrected chi connectivity index (χ4v) is 4.29. The maximum atomic E-state index is 12.9. The zero-order valence-electron chi connectivity index (χ0n) is 12.5. The van der Waals surface area contributed by atoms with E-state index in [9.17, 15) is 9.90 Å². The van der Waals surface area contributed by atoms with Crippen molar-refractivity contribution in [2.24, 2.45) is 10.4 Å². The lowest BCUT2D eigenvalue weighted by Crippen LogP contribution is -2.45. The summed E-state index contributed by atoms with van der Waals surface area (Å²) in [6.45, 7) is 0.281. The van der Waals surface area contributed by atoms with E-state index in [1.54, 1.807) is 24.3 Å². The Bertz CT molecular complexity index is 930. The number of nitrogens with zero attached hydrogens (tertiary/aromatic N) is 3. The average Bonchev–Trinajstić information content (AvgIpc) is 3.20. The molecule has 24 heavy (non-hydrogen) atoms. The first-order valence-electron chi connectivity index (χ1n) is 7.40. The van der Waals surface area contributed by atoms with Crippen molar-refractivity contribution in [2.75, 3.05) is 18.1 Å². The minimum Gasteiger partial charge on any atom is -0.395 e. The summed E-state index contributed by atoms with van der Waals surface area (Å²) >= 11 is 7.55. The Labute approximate surface area is 147 Å². The van der Waals surface area contributed by atoms with E-state index in [4.69, 9.17) is 16.9 Å². The SMILES string of the molecule is N#Cc1ccc(N2CC[C@]3(CO)C(=O)c4ccsc4N=C23)cc1Cl. The molecule has 2 aliphatic heterocycles. The van der Waals surface area contributed by atoms with Gasteiger partial charge in [-0.05, 0) is 36.1 Å². The maximum Gasteiger partial charge on any atom is 0.181 e. The van der Waals surface area contributed by atoms with Crippen LogP contribution in [-0.2, 0) is 0 Å². The van der Waals surface area contributed by atoms with Crippen LogP contribution in [0.5, 0.6) is 0 Å². The lowest BCUT2D eigenvalue weighted by atomic mass is 9.78. The number of amidine groups is 1. The van der Waals surface area contributed by atoms with E-state index < -0.39 is 5.41 Å². The number of anilines is 1. The van der Waals surface area contributed by atoms with Gasteiger partial charge in [-0.2, -0.15) is 5.26 Å². The van der Waals surface area contributed by atoms with Gasteiger partial charge in [0.15, 0.2) is 5.78 Å². The monoisotopic (exact) mass is 357 g/mol. The molecule has 0 spiro atoms. The number of nitriles is 1. The van der Waals surface area contributed by atoms with Crippen molar-refractivity contribution in [3.8, 4) is 6.07 Å². The number of halogens is 1. The summed E-state index contributed by atoms with van der Waals surface area (Å²) in [4.78, 5) is 19.5. The summed E-state index contributed by atoms with van der Waals surface area (Å²) in [6.07, 6.45) is 0.494. The smallest absolute Gasteiger partial charge is 0.181 e. The molecular formula is C17H12ClN3O2S. The molecule has 1 saturated heterocycles. The van der Waals surface area contributed by atoms with Crippen LogP contribution in [0.1, 0.15) is 22.3 Å². The van der Waals surface area contributed by atoms with Gasteiger partial charge in [0, 0.05) is 12.2 Å². The molecule has 1 aromatic carbocycles. The van der Waals surface area contributed by atoms with Crippen molar-refractivity contribution >= 4 is 45.2 Å². The number of hydrogen-bond donors (Lipinski definition) is 1. The molecule has 5 nitrogen and oxygen atoms in total. The van der Waals surface area contributed by atoms with Crippen molar-refractivity contribution in [2.45, 2.75) is 6.42 Å². The molecule has 1 atom stereocenters. The van der Waals surface area contributed by atoms with Crippen LogP contribution in [0.3, 0.4) is 0 Å². The Balaban J connectivity index is 1.85. The molecule has 2 aromatic rings. The maximum absolute atomic E-state index is 12.9. The molecule has 2 aliphatic rings. The predicted molar refractivity (Wildman–Crippen MR) is 93.4 cm³/mol. The van der Waals surface area contributed by atoms with Crippen LogP contribution in [0.2, 0.25) is 5.02 Å². The molecule has 0 radical (unpaired) electrons. The number of benzene rings is 1. The van der Waals surface area contributed by atoms with Crippen LogP contribution in [0.4, 0.5) is 10.7 Å². The van der Waals surface area contributed by atoms with Crippen LogP contribution in [0, 0.1) is 16.7 Å². The summed E-state index contributed by atoms with van der Waals surface area (Å²) < 4.78 is 0. The van der Waals surface area contributed by atoms with Gasteiger partial charge >= 0.3 is 0 Å². The third-order valence-corrected chi connectivity index (χ3v) is 5.75. The quantitative estimate of drug-likeness (QED) is 0.893. The Morgan fingerprint density at radius 2 is 2.29 bits per heavy atom. The van der Waals surface area contributed by atoms with Gasteiger partial charge in [-0.15, -0.1) is 11.3 Å². The second kappa shape index (κ2) is 5.42. The fourth-order valence-electron chi connectivity index (χ4n) is 3.31. The molecule has 0 saturated carbocycles. The van der Waals surface area contributed by atoms with Crippen LogP contribution in [0.15, 0.2) is 34.6 Å². The topological polar surface area (TPSA) is 76.7 Å². The summed E-state index contributed by atoms with van der Waals surface area (Å²) in [6, 6.07) is 8.93. The molecular weight excluding hydrogens is 346 g/mol. The molecule has 0 aliphatic carbocycles. The zero-order valence-corrected chi connectivity index (χ0v) is 14.1. The van der Waals surface area contributed by atoms with Crippen molar-refractivity contribution in [1.82, 2.24) is 0 Å². The predicted octanol–water partition coefficient (Wildman–Crippen LogP) is 3.39. The van der Waals surface area contributed by atoms with E-state index in [1.165, 1.54) is 11.3 Å². The largest absolute Gasteiger partial charge is 0.395 e. The molecule has 3 heterocycles. The number of aliphatic imine (C=N–C) groups is 1. The second-order valence-electron chi connectivity index (χ2n) is 5.82. The van der Waals surface area contributed by atoms with E-state index >= 15 is 0 Å². The Morgan fingerprint density at radius 1 is 1.46 bits per heavy atom. The Morgan fingerprint density at radius 3 is 3.00 bits per heavy atom. The van der Waals surface area contributed by atoms with Crippen molar-refractivity contribution < 1.29 is 9.90 Å². The molecule has 1 aromatic heterocycles. The Kier molecular flexibility index (Phi) is 3.46. The van der Waals surface area contributed by atoms with Gasteiger partial charge < -0.3 is 10.0 Å². The minimum absolute atomic E-state index is 0.0755. The normalized spacial score (nSPS) is 22.0. The number of Topliss-reactive ketones (excluding diaryl/α,β-unsaturated/α-hetero) is 1. The van der Waals surface area contributed by atoms with Crippen LogP contribution >= 0.6 is 22.9 Å². The number of ketones is 1. The van der Waals surface area contributed by atoms with Crippen molar-refractivity contribution in [1.29, 1.82) is 5.26 Å². The number of hydrogen-bond acceptors (Lipinski definition) is 6. The molecule has 1 fully saturated rings. The fraction of sp³-hybridized carbons (Fsp3) is 0.235. The van der Waals surface area contributed by atoms with Gasteiger partial charge in [-0.3, -0.25) is 4.79 Å². The number of carbonyl (C=O) groups excluding carboxylic acids is 1. The van der Waals surface area contributed by atoms with Crippen LogP contribution < -0.4 is 4.90 Å². The van der Waals surface area contributed by atoms with Crippen molar-refractivity contribution in [3.63, 3.8) is 0 Å². The average molecular weight is 358 g/mol. The molecule has 120 valence electrons. The lowest BCUT2D eigenvalue weighted by Gasteiger charge is -2.31. The van der Waals surface area contributed by atoms with E-state index in [-0.39, 0.29) is 12.4 Å². The van der Waals surface area contributed by atoms with Gasteiger partial charge in [0.1, 0.15) is 22.3 Å². The molecule has 0 amide bonds. The number of rotatable bonds is 2. The Hall–Kier alpha value is -2.20. The molecule has 1 N–H and O–H groups in total. The van der Waals surface area contributed by atoms with Crippen LogP contribution in [-0.4, -0.2) is 29.9 Å². The number of fused-ring (bicyclic) bond motifs is 2. The van der Waals surface area contributed by atoms with E-state index in [2.05, 4.69) is 4.99 Å². The van der Waals surface area contributed by atoms with E-state index in [0.29, 0.717) is 40.0 Å². The molecule has 0 bridgehead atoms. The highest BCUT2D eigenvalue weighted by molar-refractivity contribution is 7.14. The molecule has 0 unspecified atom stereocenters. The van der Waals surface area contributed by atoms with E-state index in [0.717, 1.165) is 5.69 Å². The van der Waals surface area contributed by atoms with Crippen LogP contribution in [0.25, 0.3) is 0 Å². The highest BCUT2D eigenvalue weighted by atomic mass is 35.5. The zero-order chi connectivity index (χ0) is 16.9. The minimum atomic E-state index is -0.992. The van der Waals surface area contributed by atoms with Gasteiger partial charge in [0.05, 0.1) is 22.8 Å². The van der Waals surface area contributed by atoms with E-state index in [1.807, 2.05) is 16.3 Å². The summed E-state index contributed by atoms with van der Waals surface area (Å²) in [7, 11) is 0. The number of carbonyl (C=O) groups is 1. The first kappa shape index (κ1) is 15.3. The highest BCUT2D eigenvalue weighted by Crippen LogP contribution is 2.46. The summed E-state index contributed by atoms with van der Waals surface area (Å²) in [5, 5.41) is 21.9. The molecule has 7 heteroatoms. The highest BCUT2D eigenvalue weighted by Gasteiger charge is 2.53. The van der Waals surface area contributed by atoms with Gasteiger partial charge in [-0.25, -0.2) is 4.99 Å². The second-order valence-corrected chi connectivity index (χ2v) is 7.12.